The molecule has 2 aromatic rings. The molecule has 0 radical (unpaired) electrons. The first kappa shape index (κ1) is 14.9. The van der Waals surface area contributed by atoms with E-state index in [9.17, 15) is 8.42 Å². The summed E-state index contributed by atoms with van der Waals surface area (Å²) in [4.78, 5) is 4.16. The molecule has 0 N–H and O–H groups in total. The number of rotatable bonds is 4. The minimum Gasteiger partial charge on any atom is -0.495 e. The molecule has 0 spiro atoms. The van der Waals surface area contributed by atoms with Crippen molar-refractivity contribution in [3.63, 3.8) is 0 Å². The van der Waals surface area contributed by atoms with E-state index in [1.165, 1.54) is 41.7 Å². The smallest absolute Gasteiger partial charge is 0.272 e. The van der Waals surface area contributed by atoms with Gasteiger partial charge >= 0.3 is 0 Å². The van der Waals surface area contributed by atoms with Gasteiger partial charge in [-0.05, 0) is 12.1 Å². The van der Waals surface area contributed by atoms with Gasteiger partial charge in [0.1, 0.15) is 16.5 Å². The Morgan fingerprint density at radius 2 is 2.05 bits per heavy atom. The van der Waals surface area contributed by atoms with Crippen LogP contribution in [-0.2, 0) is 10.0 Å². The highest BCUT2D eigenvalue weighted by atomic mass is 35.5. The van der Waals surface area contributed by atoms with Crippen molar-refractivity contribution in [1.29, 1.82) is 0 Å². The Morgan fingerprint density at radius 1 is 1.35 bits per heavy atom. The Kier molecular flexibility index (Phi) is 4.06. The first-order chi connectivity index (χ1) is 9.37. The molecular weight excluding hydrogens is 300 g/mol. The molecule has 108 valence electrons. The Hall–Kier alpha value is -1.53. The van der Waals surface area contributed by atoms with Crippen LogP contribution >= 0.6 is 11.6 Å². The molecule has 0 saturated heterocycles. The van der Waals surface area contributed by atoms with Crippen LogP contribution in [0, 0.1) is 0 Å². The minimum atomic E-state index is -3.76. The number of imidazole rings is 1. The van der Waals surface area contributed by atoms with E-state index < -0.39 is 10.0 Å². The molecule has 7 heteroatoms. The summed E-state index contributed by atoms with van der Waals surface area (Å²) < 4.78 is 31.7. The molecule has 0 aliphatic heterocycles. The zero-order valence-electron chi connectivity index (χ0n) is 11.4. The third-order valence-electron chi connectivity index (χ3n) is 2.81. The lowest BCUT2D eigenvalue weighted by molar-refractivity contribution is 0.402. The minimum absolute atomic E-state index is 0.0157. The first-order valence-corrected chi connectivity index (χ1v) is 7.82. The lowest BCUT2D eigenvalue weighted by Crippen LogP contribution is -2.17. The number of nitrogens with zero attached hydrogens (tertiary/aromatic N) is 2. The van der Waals surface area contributed by atoms with E-state index in [1.807, 2.05) is 13.8 Å². The van der Waals surface area contributed by atoms with Gasteiger partial charge in [-0.1, -0.05) is 25.4 Å². The second kappa shape index (κ2) is 5.46. The topological polar surface area (TPSA) is 61.2 Å². The number of halogens is 1. The largest absolute Gasteiger partial charge is 0.495 e. The maximum absolute atomic E-state index is 12.7. The van der Waals surface area contributed by atoms with Gasteiger partial charge in [0.15, 0.2) is 0 Å². The maximum Gasteiger partial charge on any atom is 0.272 e. The lowest BCUT2D eigenvalue weighted by Gasteiger charge is -2.14. The van der Waals surface area contributed by atoms with E-state index >= 15 is 0 Å². The summed E-state index contributed by atoms with van der Waals surface area (Å²) >= 11 is 5.86. The van der Waals surface area contributed by atoms with Crippen molar-refractivity contribution in [2.75, 3.05) is 7.11 Å². The van der Waals surface area contributed by atoms with Gasteiger partial charge in [-0.25, -0.2) is 17.4 Å². The van der Waals surface area contributed by atoms with Crippen molar-refractivity contribution >= 4 is 21.6 Å². The van der Waals surface area contributed by atoms with E-state index in [0.29, 0.717) is 10.8 Å². The Morgan fingerprint density at radius 3 is 2.65 bits per heavy atom. The second-order valence-corrected chi connectivity index (χ2v) is 6.76. The number of aromatic nitrogens is 2. The number of ether oxygens (including phenoxy) is 1. The standard InChI is InChI=1S/C13H15ClN2O3S/c1-9(2)13-15-6-7-16(13)20(17,18)12-5-4-10(14)8-11(12)19-3/h4-9H,1-3H3. The highest BCUT2D eigenvalue weighted by Crippen LogP contribution is 2.30. The fourth-order valence-electron chi connectivity index (χ4n) is 1.87. The van der Waals surface area contributed by atoms with E-state index in [0.717, 1.165) is 0 Å². The average molecular weight is 315 g/mol. The highest BCUT2D eigenvalue weighted by molar-refractivity contribution is 7.90. The van der Waals surface area contributed by atoms with Crippen molar-refractivity contribution in [3.05, 3.63) is 41.4 Å². The molecule has 0 unspecified atom stereocenters. The van der Waals surface area contributed by atoms with Crippen LogP contribution in [0.3, 0.4) is 0 Å². The second-order valence-electron chi connectivity index (χ2n) is 4.54. The molecule has 5 nitrogen and oxygen atoms in total. The predicted molar refractivity (Wildman–Crippen MR) is 76.9 cm³/mol. The Labute approximate surface area is 123 Å². The van der Waals surface area contributed by atoms with Crippen LogP contribution in [0.4, 0.5) is 0 Å². The lowest BCUT2D eigenvalue weighted by atomic mass is 10.2. The monoisotopic (exact) mass is 314 g/mol. The van der Waals surface area contributed by atoms with Crippen molar-refractivity contribution in [2.45, 2.75) is 24.7 Å². The summed E-state index contributed by atoms with van der Waals surface area (Å²) in [5.74, 6) is 0.668. The fourth-order valence-corrected chi connectivity index (χ4v) is 3.60. The Balaban J connectivity index is 2.64. The van der Waals surface area contributed by atoms with Crippen LogP contribution in [0.2, 0.25) is 5.02 Å². The summed E-state index contributed by atoms with van der Waals surface area (Å²) in [6.45, 7) is 3.76. The molecule has 1 aromatic carbocycles. The van der Waals surface area contributed by atoms with E-state index in [-0.39, 0.29) is 16.6 Å². The molecule has 0 fully saturated rings. The van der Waals surface area contributed by atoms with Crippen molar-refractivity contribution in [2.24, 2.45) is 0 Å². The first-order valence-electron chi connectivity index (χ1n) is 6.00. The van der Waals surface area contributed by atoms with E-state index in [2.05, 4.69) is 4.98 Å². The summed E-state index contributed by atoms with van der Waals surface area (Å²) in [7, 11) is -2.36. The maximum atomic E-state index is 12.7. The number of hydrogen-bond acceptors (Lipinski definition) is 4. The molecule has 0 amide bonds. The third-order valence-corrected chi connectivity index (χ3v) is 4.77. The fraction of sp³-hybridized carbons (Fsp3) is 0.308. The summed E-state index contributed by atoms with van der Waals surface area (Å²) in [5, 5.41) is 0.413. The molecule has 1 heterocycles. The number of benzene rings is 1. The van der Waals surface area contributed by atoms with Gasteiger partial charge in [0, 0.05) is 29.4 Å². The van der Waals surface area contributed by atoms with Crippen molar-refractivity contribution < 1.29 is 13.2 Å². The third kappa shape index (κ3) is 2.53. The number of hydrogen-bond donors (Lipinski definition) is 0. The molecule has 20 heavy (non-hydrogen) atoms. The quantitative estimate of drug-likeness (QED) is 0.870. The molecule has 0 bridgehead atoms. The van der Waals surface area contributed by atoms with Crippen LogP contribution in [0.5, 0.6) is 5.75 Å². The Bertz CT molecular complexity index is 723. The van der Waals surface area contributed by atoms with Gasteiger partial charge in [0.25, 0.3) is 10.0 Å². The van der Waals surface area contributed by atoms with Gasteiger partial charge in [-0.3, -0.25) is 0 Å². The summed E-state index contributed by atoms with van der Waals surface area (Å²) in [6.07, 6.45) is 2.90. The molecule has 0 saturated carbocycles. The summed E-state index contributed by atoms with van der Waals surface area (Å²) in [5.41, 5.74) is 0. The molecule has 1 aromatic heterocycles. The van der Waals surface area contributed by atoms with Gasteiger partial charge in [-0.2, -0.15) is 0 Å². The molecule has 0 aliphatic carbocycles. The molecule has 0 aliphatic rings. The van der Waals surface area contributed by atoms with Gasteiger partial charge < -0.3 is 4.74 Å². The molecule has 2 rings (SSSR count). The van der Waals surface area contributed by atoms with Gasteiger partial charge in [0.05, 0.1) is 7.11 Å². The van der Waals surface area contributed by atoms with Gasteiger partial charge in [-0.15, -0.1) is 0 Å². The van der Waals surface area contributed by atoms with E-state index in [4.69, 9.17) is 16.3 Å². The van der Waals surface area contributed by atoms with E-state index in [1.54, 1.807) is 0 Å². The summed E-state index contributed by atoms with van der Waals surface area (Å²) in [6, 6.07) is 4.42. The van der Waals surface area contributed by atoms with Crippen LogP contribution in [-0.4, -0.2) is 24.5 Å². The average Bonchev–Trinajstić information content (AvgIpc) is 2.88. The van der Waals surface area contributed by atoms with Crippen molar-refractivity contribution in [1.82, 2.24) is 8.96 Å². The van der Waals surface area contributed by atoms with Crippen LogP contribution in [0.1, 0.15) is 25.6 Å². The highest BCUT2D eigenvalue weighted by Gasteiger charge is 2.25. The van der Waals surface area contributed by atoms with Gasteiger partial charge in [0.2, 0.25) is 0 Å². The normalized spacial score (nSPS) is 11.8. The SMILES string of the molecule is COc1cc(Cl)ccc1S(=O)(=O)n1ccnc1C(C)C. The predicted octanol–water partition coefficient (Wildman–Crippen LogP) is 2.91. The zero-order chi connectivity index (χ0) is 14.9. The molecule has 0 atom stereocenters. The number of methoxy groups -OCH3 is 1. The molecular formula is C13H15ClN2O3S. The van der Waals surface area contributed by atoms with Crippen molar-refractivity contribution in [3.8, 4) is 5.75 Å². The zero-order valence-corrected chi connectivity index (χ0v) is 12.9. The van der Waals surface area contributed by atoms with Crippen LogP contribution < -0.4 is 4.74 Å². The van der Waals surface area contributed by atoms with Crippen LogP contribution in [0.25, 0.3) is 0 Å². The van der Waals surface area contributed by atoms with Crippen LogP contribution in [0.15, 0.2) is 35.5 Å².